The normalized spacial score (nSPS) is 13.7. The predicted octanol–water partition coefficient (Wildman–Crippen LogP) is -0.732. The fraction of sp³-hybridized carbons (Fsp3) is 1.00. The largest absolute Gasteiger partial charge is 0.396 e. The molecule has 18 heavy (non-hydrogen) atoms. The van der Waals surface area contributed by atoms with Gasteiger partial charge in [0.15, 0.2) is 0 Å². The van der Waals surface area contributed by atoms with E-state index in [0.29, 0.717) is 0 Å². The van der Waals surface area contributed by atoms with E-state index in [-0.39, 0.29) is 33.0 Å². The Labute approximate surface area is 109 Å². The van der Waals surface area contributed by atoms with Crippen molar-refractivity contribution in [1.29, 1.82) is 0 Å². The van der Waals surface area contributed by atoms with Crippen molar-refractivity contribution in [2.75, 3.05) is 33.0 Å². The second-order valence-electron chi connectivity index (χ2n) is 4.08. The molecule has 0 saturated heterocycles. The van der Waals surface area contributed by atoms with Gasteiger partial charge in [-0.25, -0.2) is 0 Å². The lowest BCUT2D eigenvalue weighted by atomic mass is 10.2. The van der Waals surface area contributed by atoms with Gasteiger partial charge < -0.3 is 30.3 Å². The Bertz CT molecular complexity index is 137. The van der Waals surface area contributed by atoms with Gasteiger partial charge in [-0.1, -0.05) is 12.8 Å². The number of unbranched alkanes of at least 4 members (excludes halogenated alkanes) is 3. The van der Waals surface area contributed by atoms with Gasteiger partial charge in [-0.3, -0.25) is 0 Å². The molecule has 0 aromatic rings. The smallest absolute Gasteiger partial charge is 0.100 e. The minimum absolute atomic E-state index is 0.0708. The van der Waals surface area contributed by atoms with Crippen LogP contribution in [0.2, 0.25) is 0 Å². The molecule has 0 aromatic heterocycles. The third kappa shape index (κ3) is 21.1. The standard InChI is InChI=1S/C6H14O4.C6H14O2/c1-5(8)3-10-4-6(9)2-7;7-5-3-1-2-4-6-8/h5-9H,2-4H2,1H3;7-8H,1-6H2. The van der Waals surface area contributed by atoms with Crippen LogP contribution in [0.1, 0.15) is 32.6 Å². The van der Waals surface area contributed by atoms with Crippen molar-refractivity contribution in [3.63, 3.8) is 0 Å². The molecule has 6 heteroatoms. The van der Waals surface area contributed by atoms with Crippen molar-refractivity contribution < 1.29 is 30.3 Å². The molecule has 0 aliphatic heterocycles. The van der Waals surface area contributed by atoms with Crippen molar-refractivity contribution in [2.45, 2.75) is 44.8 Å². The van der Waals surface area contributed by atoms with E-state index in [1.165, 1.54) is 0 Å². The van der Waals surface area contributed by atoms with Crippen LogP contribution in [0.25, 0.3) is 0 Å². The highest BCUT2D eigenvalue weighted by molar-refractivity contribution is 4.50. The number of rotatable bonds is 10. The first-order chi connectivity index (χ1) is 8.58. The molecular formula is C12H28O6. The summed E-state index contributed by atoms with van der Waals surface area (Å²) in [5.41, 5.74) is 0. The first kappa shape index (κ1) is 20.1. The molecule has 0 radical (unpaired) electrons. The molecule has 0 aliphatic carbocycles. The van der Waals surface area contributed by atoms with Crippen molar-refractivity contribution >= 4 is 0 Å². The Kier molecular flexibility index (Phi) is 18.7. The van der Waals surface area contributed by atoms with Gasteiger partial charge in [-0.2, -0.15) is 0 Å². The van der Waals surface area contributed by atoms with Crippen LogP contribution in [-0.4, -0.2) is 70.8 Å². The third-order valence-electron chi connectivity index (χ3n) is 1.95. The maximum atomic E-state index is 8.71. The topological polar surface area (TPSA) is 110 Å². The molecule has 2 atom stereocenters. The maximum absolute atomic E-state index is 8.71. The van der Waals surface area contributed by atoms with Gasteiger partial charge in [0.25, 0.3) is 0 Å². The summed E-state index contributed by atoms with van der Waals surface area (Å²) in [5, 5.41) is 42.3. The molecule has 0 fully saturated rings. The van der Waals surface area contributed by atoms with Crippen LogP contribution in [0.4, 0.5) is 0 Å². The lowest BCUT2D eigenvalue weighted by molar-refractivity contribution is -0.0201. The molecular weight excluding hydrogens is 240 g/mol. The summed E-state index contributed by atoms with van der Waals surface area (Å²) in [6.07, 6.45) is 2.47. The van der Waals surface area contributed by atoms with Crippen LogP contribution >= 0.6 is 0 Å². The zero-order valence-corrected chi connectivity index (χ0v) is 11.2. The van der Waals surface area contributed by atoms with Gasteiger partial charge in [0.1, 0.15) is 6.10 Å². The monoisotopic (exact) mass is 268 g/mol. The van der Waals surface area contributed by atoms with Gasteiger partial charge in [-0.05, 0) is 19.8 Å². The van der Waals surface area contributed by atoms with Crippen LogP contribution in [0, 0.1) is 0 Å². The average molecular weight is 268 g/mol. The van der Waals surface area contributed by atoms with E-state index in [2.05, 4.69) is 0 Å². The highest BCUT2D eigenvalue weighted by atomic mass is 16.5. The third-order valence-corrected chi connectivity index (χ3v) is 1.95. The molecule has 5 N–H and O–H groups in total. The highest BCUT2D eigenvalue weighted by Gasteiger charge is 2.02. The van der Waals surface area contributed by atoms with E-state index in [4.69, 9.17) is 30.3 Å². The lowest BCUT2D eigenvalue weighted by Crippen LogP contribution is -2.22. The van der Waals surface area contributed by atoms with Crippen molar-refractivity contribution in [3.05, 3.63) is 0 Å². The first-order valence-electron chi connectivity index (χ1n) is 6.34. The summed E-state index contributed by atoms with van der Waals surface area (Å²) in [6.45, 7) is 2.11. The summed E-state index contributed by atoms with van der Waals surface area (Å²) in [4.78, 5) is 0. The summed E-state index contributed by atoms with van der Waals surface area (Å²) in [7, 11) is 0. The van der Waals surface area contributed by atoms with E-state index >= 15 is 0 Å². The van der Waals surface area contributed by atoms with E-state index in [9.17, 15) is 0 Å². The van der Waals surface area contributed by atoms with E-state index < -0.39 is 12.2 Å². The van der Waals surface area contributed by atoms with E-state index in [0.717, 1.165) is 25.7 Å². The lowest BCUT2D eigenvalue weighted by Gasteiger charge is -2.08. The van der Waals surface area contributed by atoms with Gasteiger partial charge in [-0.15, -0.1) is 0 Å². The van der Waals surface area contributed by atoms with Crippen LogP contribution in [0.5, 0.6) is 0 Å². The van der Waals surface area contributed by atoms with Crippen LogP contribution in [0.3, 0.4) is 0 Å². The van der Waals surface area contributed by atoms with Gasteiger partial charge in [0.2, 0.25) is 0 Å². The van der Waals surface area contributed by atoms with Crippen molar-refractivity contribution in [3.8, 4) is 0 Å². The van der Waals surface area contributed by atoms with Gasteiger partial charge >= 0.3 is 0 Å². The number of aliphatic hydroxyl groups excluding tert-OH is 5. The molecule has 0 bridgehead atoms. The van der Waals surface area contributed by atoms with Crippen LogP contribution in [0.15, 0.2) is 0 Å². The summed E-state index contributed by atoms with van der Waals surface area (Å²) >= 11 is 0. The Balaban J connectivity index is 0. The molecule has 0 rings (SSSR count). The quantitative estimate of drug-likeness (QED) is 0.334. The molecule has 2 unspecified atom stereocenters. The molecule has 6 nitrogen and oxygen atoms in total. The molecule has 0 saturated carbocycles. The van der Waals surface area contributed by atoms with Crippen LogP contribution in [-0.2, 0) is 4.74 Å². The minimum Gasteiger partial charge on any atom is -0.396 e. The fourth-order valence-electron chi connectivity index (χ4n) is 1.00. The van der Waals surface area contributed by atoms with Crippen molar-refractivity contribution in [1.82, 2.24) is 0 Å². The Morgan fingerprint density at radius 2 is 1.33 bits per heavy atom. The zero-order valence-electron chi connectivity index (χ0n) is 11.2. The maximum Gasteiger partial charge on any atom is 0.100 e. The van der Waals surface area contributed by atoms with Gasteiger partial charge in [0.05, 0.1) is 25.9 Å². The van der Waals surface area contributed by atoms with Gasteiger partial charge in [0, 0.05) is 13.2 Å². The summed E-state index contributed by atoms with van der Waals surface area (Å²) in [6, 6.07) is 0. The number of ether oxygens (including phenoxy) is 1. The average Bonchev–Trinajstić information content (AvgIpc) is 2.35. The molecule has 0 spiro atoms. The second kappa shape index (κ2) is 16.8. The molecule has 0 amide bonds. The second-order valence-corrected chi connectivity index (χ2v) is 4.08. The zero-order chi connectivity index (χ0) is 14.2. The molecule has 0 aromatic carbocycles. The van der Waals surface area contributed by atoms with Crippen LogP contribution < -0.4 is 0 Å². The number of hydrogen-bond donors (Lipinski definition) is 5. The Morgan fingerprint density at radius 3 is 1.67 bits per heavy atom. The molecule has 112 valence electrons. The van der Waals surface area contributed by atoms with E-state index in [1.807, 2.05) is 0 Å². The summed E-state index contributed by atoms with van der Waals surface area (Å²) in [5.74, 6) is 0. The number of hydrogen-bond acceptors (Lipinski definition) is 6. The van der Waals surface area contributed by atoms with E-state index in [1.54, 1.807) is 6.92 Å². The summed E-state index contributed by atoms with van der Waals surface area (Å²) < 4.78 is 4.79. The van der Waals surface area contributed by atoms with Crippen molar-refractivity contribution in [2.24, 2.45) is 0 Å². The molecule has 0 heterocycles. The Morgan fingerprint density at radius 1 is 0.833 bits per heavy atom. The minimum atomic E-state index is -0.834. The first-order valence-corrected chi connectivity index (χ1v) is 6.34. The number of aliphatic hydroxyl groups is 5. The fourth-order valence-corrected chi connectivity index (χ4v) is 1.00. The predicted molar refractivity (Wildman–Crippen MR) is 68.2 cm³/mol. The SMILES string of the molecule is CC(O)COCC(O)CO.OCCCCCCO. The Hall–Kier alpha value is -0.240. The highest BCUT2D eigenvalue weighted by Crippen LogP contribution is 1.96. The molecule has 0 aliphatic rings.